The maximum atomic E-state index is 12.9. The molecule has 1 aromatic carbocycles. The number of fused-ring (bicyclic) bond motifs is 3. The Morgan fingerprint density at radius 2 is 2.00 bits per heavy atom. The number of hydrogen-bond acceptors (Lipinski definition) is 2. The Morgan fingerprint density at radius 1 is 1.19 bits per heavy atom. The highest BCUT2D eigenvalue weighted by molar-refractivity contribution is 6.06. The maximum absolute atomic E-state index is 12.9. The standard InChI is InChI=1S/C17H21N3O/c1-19-12-6-7-13(19)11-20(9-8-12)17(21)15-10-18-16-5-3-2-4-14(15)16/h2-5,10,12-13,18H,6-9,11H2,1H3. The summed E-state index contributed by atoms with van der Waals surface area (Å²) in [4.78, 5) is 20.6. The number of likely N-dealkylation sites (N-methyl/N-ethyl adjacent to an activating group) is 1. The monoisotopic (exact) mass is 283 g/mol. The lowest BCUT2D eigenvalue weighted by Gasteiger charge is -2.25. The van der Waals surface area contributed by atoms with Crippen molar-refractivity contribution in [3.05, 3.63) is 36.0 Å². The van der Waals surface area contributed by atoms with Crippen LogP contribution in [0, 0.1) is 0 Å². The SMILES string of the molecule is CN1C2CCC1CN(C(=O)c1c[nH]c3ccccc13)CC2. The molecule has 2 aliphatic heterocycles. The van der Waals surface area contributed by atoms with E-state index in [4.69, 9.17) is 0 Å². The smallest absolute Gasteiger partial charge is 0.256 e. The van der Waals surface area contributed by atoms with E-state index in [2.05, 4.69) is 21.8 Å². The van der Waals surface area contributed by atoms with Crippen LogP contribution in [0.4, 0.5) is 0 Å². The van der Waals surface area contributed by atoms with E-state index in [1.54, 1.807) is 0 Å². The topological polar surface area (TPSA) is 39.3 Å². The highest BCUT2D eigenvalue weighted by atomic mass is 16.2. The van der Waals surface area contributed by atoms with Crippen molar-refractivity contribution in [3.63, 3.8) is 0 Å². The summed E-state index contributed by atoms with van der Waals surface area (Å²) < 4.78 is 0. The minimum atomic E-state index is 0.174. The molecule has 0 spiro atoms. The van der Waals surface area contributed by atoms with Crippen LogP contribution < -0.4 is 0 Å². The first-order chi connectivity index (χ1) is 10.2. The molecule has 4 nitrogen and oxygen atoms in total. The number of carbonyl (C=O) groups excluding carboxylic acids is 1. The zero-order valence-corrected chi connectivity index (χ0v) is 12.4. The number of amides is 1. The molecular formula is C17H21N3O. The third-order valence-electron chi connectivity index (χ3n) is 5.26. The summed E-state index contributed by atoms with van der Waals surface area (Å²) in [5.41, 5.74) is 1.85. The number of rotatable bonds is 1. The van der Waals surface area contributed by atoms with Crippen molar-refractivity contribution in [3.8, 4) is 0 Å². The number of nitrogens with one attached hydrogen (secondary N) is 1. The summed E-state index contributed by atoms with van der Waals surface area (Å²) >= 11 is 0. The predicted molar refractivity (Wildman–Crippen MR) is 83.4 cm³/mol. The molecule has 2 saturated heterocycles. The zero-order valence-electron chi connectivity index (χ0n) is 12.4. The van der Waals surface area contributed by atoms with Gasteiger partial charge in [-0.2, -0.15) is 0 Å². The first kappa shape index (κ1) is 12.9. The van der Waals surface area contributed by atoms with E-state index < -0.39 is 0 Å². The van der Waals surface area contributed by atoms with Gasteiger partial charge in [-0.15, -0.1) is 0 Å². The zero-order chi connectivity index (χ0) is 14.4. The van der Waals surface area contributed by atoms with Gasteiger partial charge in [0.15, 0.2) is 0 Å². The molecule has 0 saturated carbocycles. The van der Waals surface area contributed by atoms with E-state index in [0.717, 1.165) is 36.0 Å². The van der Waals surface area contributed by atoms with Gasteiger partial charge in [0, 0.05) is 42.3 Å². The van der Waals surface area contributed by atoms with Gasteiger partial charge in [0.1, 0.15) is 0 Å². The summed E-state index contributed by atoms with van der Waals surface area (Å²) in [5.74, 6) is 0.174. The lowest BCUT2D eigenvalue weighted by molar-refractivity contribution is 0.0742. The third-order valence-corrected chi connectivity index (χ3v) is 5.26. The van der Waals surface area contributed by atoms with Crippen molar-refractivity contribution < 1.29 is 4.79 Å². The molecule has 2 aromatic rings. The Balaban J connectivity index is 1.63. The molecular weight excluding hydrogens is 262 g/mol. The van der Waals surface area contributed by atoms with Gasteiger partial charge < -0.3 is 9.88 Å². The van der Waals surface area contributed by atoms with E-state index >= 15 is 0 Å². The lowest BCUT2D eigenvalue weighted by Crippen LogP contribution is -2.39. The molecule has 2 unspecified atom stereocenters. The first-order valence-electron chi connectivity index (χ1n) is 7.81. The van der Waals surface area contributed by atoms with Crippen molar-refractivity contribution in [2.24, 2.45) is 0 Å². The van der Waals surface area contributed by atoms with Crippen LogP contribution in [-0.2, 0) is 0 Å². The molecule has 1 amide bonds. The largest absolute Gasteiger partial charge is 0.360 e. The second-order valence-corrected chi connectivity index (χ2v) is 6.34. The number of aromatic nitrogens is 1. The van der Waals surface area contributed by atoms with Crippen LogP contribution in [0.2, 0.25) is 0 Å². The fraction of sp³-hybridized carbons (Fsp3) is 0.471. The first-order valence-corrected chi connectivity index (χ1v) is 7.81. The molecule has 4 rings (SSSR count). The number of hydrogen-bond donors (Lipinski definition) is 1. The second-order valence-electron chi connectivity index (χ2n) is 6.34. The summed E-state index contributed by atoms with van der Waals surface area (Å²) in [6.07, 6.45) is 5.47. The molecule has 110 valence electrons. The van der Waals surface area contributed by atoms with Crippen molar-refractivity contribution >= 4 is 16.8 Å². The molecule has 4 heteroatoms. The summed E-state index contributed by atoms with van der Waals surface area (Å²) in [6.45, 7) is 1.75. The van der Waals surface area contributed by atoms with E-state index in [0.29, 0.717) is 12.1 Å². The van der Waals surface area contributed by atoms with Crippen LogP contribution in [-0.4, -0.2) is 52.9 Å². The minimum absolute atomic E-state index is 0.174. The third kappa shape index (κ3) is 2.05. The molecule has 2 bridgehead atoms. The van der Waals surface area contributed by atoms with Gasteiger partial charge in [0.2, 0.25) is 0 Å². The number of aromatic amines is 1. The van der Waals surface area contributed by atoms with E-state index in [1.807, 2.05) is 30.5 Å². The number of carbonyl (C=O) groups is 1. The molecule has 21 heavy (non-hydrogen) atoms. The molecule has 2 fully saturated rings. The number of likely N-dealkylation sites (tertiary alicyclic amines) is 1. The fourth-order valence-corrected chi connectivity index (χ4v) is 3.91. The van der Waals surface area contributed by atoms with Gasteiger partial charge in [-0.25, -0.2) is 0 Å². The molecule has 2 aliphatic rings. The Bertz CT molecular complexity index is 677. The maximum Gasteiger partial charge on any atom is 0.256 e. The summed E-state index contributed by atoms with van der Waals surface area (Å²) in [6, 6.07) is 9.22. The van der Waals surface area contributed by atoms with Crippen molar-refractivity contribution in [2.45, 2.75) is 31.3 Å². The Morgan fingerprint density at radius 3 is 2.90 bits per heavy atom. The van der Waals surface area contributed by atoms with Crippen LogP contribution in [0.1, 0.15) is 29.6 Å². The highest BCUT2D eigenvalue weighted by Crippen LogP contribution is 2.29. The van der Waals surface area contributed by atoms with Crippen LogP contribution >= 0.6 is 0 Å². The Labute approximate surface area is 124 Å². The van der Waals surface area contributed by atoms with Crippen LogP contribution in [0.15, 0.2) is 30.5 Å². The number of nitrogens with zero attached hydrogens (tertiary/aromatic N) is 2. The summed E-state index contributed by atoms with van der Waals surface area (Å²) in [5, 5.41) is 1.03. The number of H-pyrrole nitrogens is 1. The molecule has 1 aromatic heterocycles. The van der Waals surface area contributed by atoms with E-state index in [-0.39, 0.29) is 5.91 Å². The molecule has 2 atom stereocenters. The molecule has 0 radical (unpaired) electrons. The Hall–Kier alpha value is -1.81. The van der Waals surface area contributed by atoms with Gasteiger partial charge in [0.05, 0.1) is 5.56 Å². The number of benzene rings is 1. The average Bonchev–Trinajstić information content (AvgIpc) is 3.00. The van der Waals surface area contributed by atoms with Gasteiger partial charge in [-0.1, -0.05) is 18.2 Å². The molecule has 1 N–H and O–H groups in total. The van der Waals surface area contributed by atoms with Crippen molar-refractivity contribution in [1.82, 2.24) is 14.8 Å². The van der Waals surface area contributed by atoms with Crippen molar-refractivity contribution in [2.75, 3.05) is 20.1 Å². The van der Waals surface area contributed by atoms with Gasteiger partial charge in [-0.3, -0.25) is 9.69 Å². The molecule has 0 aliphatic carbocycles. The second kappa shape index (κ2) is 4.88. The van der Waals surface area contributed by atoms with Gasteiger partial charge >= 0.3 is 0 Å². The number of para-hydroxylation sites is 1. The van der Waals surface area contributed by atoms with Crippen molar-refractivity contribution in [1.29, 1.82) is 0 Å². The van der Waals surface area contributed by atoms with E-state index in [9.17, 15) is 4.79 Å². The average molecular weight is 283 g/mol. The fourth-order valence-electron chi connectivity index (χ4n) is 3.91. The summed E-state index contributed by atoms with van der Waals surface area (Å²) in [7, 11) is 2.21. The Kier molecular flexibility index (Phi) is 3.00. The minimum Gasteiger partial charge on any atom is -0.360 e. The molecule has 3 heterocycles. The van der Waals surface area contributed by atoms with Crippen LogP contribution in [0.25, 0.3) is 10.9 Å². The van der Waals surface area contributed by atoms with Crippen LogP contribution in [0.3, 0.4) is 0 Å². The predicted octanol–water partition coefficient (Wildman–Crippen LogP) is 2.48. The van der Waals surface area contributed by atoms with Crippen LogP contribution in [0.5, 0.6) is 0 Å². The normalized spacial score (nSPS) is 26.2. The van der Waals surface area contributed by atoms with Gasteiger partial charge in [-0.05, 0) is 32.4 Å². The highest BCUT2D eigenvalue weighted by Gasteiger charge is 2.36. The lowest BCUT2D eigenvalue weighted by atomic mass is 10.1. The van der Waals surface area contributed by atoms with Gasteiger partial charge in [0.25, 0.3) is 5.91 Å². The quantitative estimate of drug-likeness (QED) is 0.873. The van der Waals surface area contributed by atoms with E-state index in [1.165, 1.54) is 12.8 Å².